The fourth-order valence-electron chi connectivity index (χ4n) is 2.75. The largest absolute Gasteiger partial charge is 0.299 e. The average molecular weight is 228 g/mol. The molecule has 3 atom stereocenters. The number of rotatable bonds is 2. The lowest BCUT2D eigenvalue weighted by Gasteiger charge is -2.34. The van der Waals surface area contributed by atoms with Crippen molar-refractivity contribution in [2.75, 3.05) is 0 Å². The molecule has 1 fully saturated rings. The summed E-state index contributed by atoms with van der Waals surface area (Å²) in [4.78, 5) is 12.1. The fourth-order valence-corrected chi connectivity index (χ4v) is 2.75. The molecule has 1 aromatic rings. The first-order valence-corrected chi connectivity index (χ1v) is 6.32. The zero-order valence-electron chi connectivity index (χ0n) is 10.6. The number of carbonyl (C=O) groups excluding carboxylic acids is 1. The Labute approximate surface area is 104 Å². The van der Waals surface area contributed by atoms with Crippen LogP contribution in [0.1, 0.15) is 38.2 Å². The summed E-state index contributed by atoms with van der Waals surface area (Å²) in [5, 5.41) is 0. The molecule has 1 aliphatic carbocycles. The molecule has 1 aromatic carbocycles. The van der Waals surface area contributed by atoms with Gasteiger partial charge in [-0.2, -0.15) is 0 Å². The molecule has 1 saturated carbocycles. The second-order valence-corrected chi connectivity index (χ2v) is 5.26. The molecule has 0 spiro atoms. The van der Waals surface area contributed by atoms with Crippen LogP contribution >= 0.6 is 0 Å². The van der Waals surface area contributed by atoms with E-state index in [9.17, 15) is 4.79 Å². The van der Waals surface area contributed by atoms with Crippen LogP contribution in [0.25, 0.3) is 0 Å². The lowest BCUT2D eigenvalue weighted by molar-refractivity contribution is -0.125. The lowest BCUT2D eigenvalue weighted by Crippen LogP contribution is -2.30. The lowest BCUT2D eigenvalue weighted by atomic mass is 9.69. The highest BCUT2D eigenvalue weighted by Gasteiger charge is 2.34. The van der Waals surface area contributed by atoms with Crippen molar-refractivity contribution in [3.8, 4) is 0 Å². The van der Waals surface area contributed by atoms with E-state index >= 15 is 0 Å². The molecule has 0 radical (unpaired) electrons. The first kappa shape index (κ1) is 12.1. The van der Waals surface area contributed by atoms with Gasteiger partial charge < -0.3 is 0 Å². The third kappa shape index (κ3) is 2.49. The van der Waals surface area contributed by atoms with E-state index in [4.69, 9.17) is 0 Å². The zero-order chi connectivity index (χ0) is 12.4. The number of hydrogen-bond acceptors (Lipinski definition) is 1. The monoisotopic (exact) mass is 228 g/mol. The Hall–Kier alpha value is -1.37. The Morgan fingerprint density at radius 1 is 1.29 bits per heavy atom. The van der Waals surface area contributed by atoms with E-state index < -0.39 is 0 Å². The summed E-state index contributed by atoms with van der Waals surface area (Å²) in [6, 6.07) is 10.4. The van der Waals surface area contributed by atoms with Gasteiger partial charge in [-0.3, -0.25) is 4.79 Å². The Morgan fingerprint density at radius 2 is 1.94 bits per heavy atom. The van der Waals surface area contributed by atoms with E-state index in [1.54, 1.807) is 0 Å². The number of allylic oxidation sites excluding steroid dienone is 1. The zero-order valence-corrected chi connectivity index (χ0v) is 10.6. The van der Waals surface area contributed by atoms with Crippen molar-refractivity contribution in [1.82, 2.24) is 0 Å². The molecule has 0 aromatic heterocycles. The van der Waals surface area contributed by atoms with Crippen LogP contribution in [0.2, 0.25) is 0 Å². The van der Waals surface area contributed by atoms with Gasteiger partial charge in [-0.1, -0.05) is 49.4 Å². The highest BCUT2D eigenvalue weighted by Crippen LogP contribution is 2.40. The molecule has 0 amide bonds. The van der Waals surface area contributed by atoms with E-state index in [1.807, 2.05) is 13.0 Å². The van der Waals surface area contributed by atoms with Crippen LogP contribution in [0.15, 0.2) is 42.5 Å². The summed E-state index contributed by atoms with van der Waals surface area (Å²) in [5.41, 5.74) is 2.44. The second kappa shape index (κ2) is 4.87. The van der Waals surface area contributed by atoms with Crippen molar-refractivity contribution in [2.45, 2.75) is 32.6 Å². The maximum absolute atomic E-state index is 12.1. The quantitative estimate of drug-likeness (QED) is 0.700. The van der Waals surface area contributed by atoms with E-state index in [2.05, 4.69) is 37.8 Å². The van der Waals surface area contributed by atoms with Crippen LogP contribution in [0.3, 0.4) is 0 Å². The minimum Gasteiger partial charge on any atom is -0.299 e. The highest BCUT2D eigenvalue weighted by atomic mass is 16.1. The number of ketones is 1. The van der Waals surface area contributed by atoms with Crippen molar-refractivity contribution in [3.63, 3.8) is 0 Å². The summed E-state index contributed by atoms with van der Waals surface area (Å²) in [5.74, 6) is 1.26. The molecule has 1 nitrogen and oxygen atoms in total. The van der Waals surface area contributed by atoms with Crippen LogP contribution < -0.4 is 0 Å². The molecule has 0 unspecified atom stereocenters. The minimum atomic E-state index is 0.146. The maximum Gasteiger partial charge on any atom is 0.136 e. The molecule has 0 aliphatic heterocycles. The van der Waals surface area contributed by atoms with Gasteiger partial charge in [0.2, 0.25) is 0 Å². The standard InChI is InChI=1S/C16H20O/c1-11(2)14-9-15(12(3)16(17)10-14)13-7-5-4-6-8-13/h4-8,12,14-15H,1,9-10H2,2-3H3/t12-,14-,15-/m0/s1. The number of Topliss-reactive ketones (excluding diaryl/α,β-unsaturated/α-hetero) is 1. The molecule has 0 N–H and O–H groups in total. The molecule has 17 heavy (non-hydrogen) atoms. The summed E-state index contributed by atoms with van der Waals surface area (Å²) < 4.78 is 0. The summed E-state index contributed by atoms with van der Waals surface area (Å²) >= 11 is 0. The minimum absolute atomic E-state index is 0.146. The third-order valence-electron chi connectivity index (χ3n) is 4.02. The van der Waals surface area contributed by atoms with Gasteiger partial charge in [0, 0.05) is 12.3 Å². The van der Waals surface area contributed by atoms with Gasteiger partial charge in [0.25, 0.3) is 0 Å². The summed E-state index contributed by atoms with van der Waals surface area (Å²) in [7, 11) is 0. The van der Waals surface area contributed by atoms with Crippen LogP contribution in [-0.2, 0) is 4.79 Å². The molecule has 0 saturated heterocycles. The maximum atomic E-state index is 12.1. The SMILES string of the molecule is C=C(C)[C@@H]1CC(=O)[C@@H](C)[C@@H](c2ccccc2)C1. The van der Waals surface area contributed by atoms with Gasteiger partial charge in [0.1, 0.15) is 5.78 Å². The summed E-state index contributed by atoms with van der Waals surface area (Å²) in [6.07, 6.45) is 1.74. The Balaban J connectivity index is 2.26. The molecule has 0 heterocycles. The average Bonchev–Trinajstić information content (AvgIpc) is 2.33. The predicted molar refractivity (Wildman–Crippen MR) is 70.9 cm³/mol. The van der Waals surface area contributed by atoms with Gasteiger partial charge in [-0.25, -0.2) is 0 Å². The van der Waals surface area contributed by atoms with Gasteiger partial charge in [-0.15, -0.1) is 0 Å². The van der Waals surface area contributed by atoms with E-state index in [0.29, 0.717) is 24.0 Å². The van der Waals surface area contributed by atoms with E-state index in [0.717, 1.165) is 12.0 Å². The molecular weight excluding hydrogens is 208 g/mol. The van der Waals surface area contributed by atoms with Gasteiger partial charge in [-0.05, 0) is 30.7 Å². The molecule has 2 rings (SSSR count). The van der Waals surface area contributed by atoms with Crippen LogP contribution in [-0.4, -0.2) is 5.78 Å². The van der Waals surface area contributed by atoms with E-state index in [1.165, 1.54) is 5.56 Å². The fraction of sp³-hybridized carbons (Fsp3) is 0.438. The smallest absolute Gasteiger partial charge is 0.136 e. The molecule has 0 bridgehead atoms. The Morgan fingerprint density at radius 3 is 2.53 bits per heavy atom. The van der Waals surface area contributed by atoms with Crippen molar-refractivity contribution in [1.29, 1.82) is 0 Å². The highest BCUT2D eigenvalue weighted by molar-refractivity contribution is 5.83. The molecular formula is C16H20O. The number of benzene rings is 1. The van der Waals surface area contributed by atoms with Crippen molar-refractivity contribution < 1.29 is 4.79 Å². The van der Waals surface area contributed by atoms with Crippen LogP contribution in [0.5, 0.6) is 0 Å². The molecule has 1 heteroatoms. The third-order valence-corrected chi connectivity index (χ3v) is 4.02. The first-order valence-electron chi connectivity index (χ1n) is 6.32. The van der Waals surface area contributed by atoms with Crippen molar-refractivity contribution in [3.05, 3.63) is 48.0 Å². The topological polar surface area (TPSA) is 17.1 Å². The van der Waals surface area contributed by atoms with Gasteiger partial charge in [0.15, 0.2) is 0 Å². The normalized spacial score (nSPS) is 29.1. The van der Waals surface area contributed by atoms with Crippen molar-refractivity contribution in [2.24, 2.45) is 11.8 Å². The number of carbonyl (C=O) groups is 1. The second-order valence-electron chi connectivity index (χ2n) is 5.26. The predicted octanol–water partition coefficient (Wildman–Crippen LogP) is 3.96. The van der Waals surface area contributed by atoms with E-state index in [-0.39, 0.29) is 5.92 Å². The van der Waals surface area contributed by atoms with Crippen LogP contribution in [0, 0.1) is 11.8 Å². The number of hydrogen-bond donors (Lipinski definition) is 0. The van der Waals surface area contributed by atoms with Crippen molar-refractivity contribution >= 4 is 5.78 Å². The summed E-state index contributed by atoms with van der Waals surface area (Å²) in [6.45, 7) is 8.12. The Kier molecular flexibility index (Phi) is 3.46. The van der Waals surface area contributed by atoms with Crippen LogP contribution in [0.4, 0.5) is 0 Å². The first-order chi connectivity index (χ1) is 8.09. The molecule has 90 valence electrons. The van der Waals surface area contributed by atoms with Gasteiger partial charge in [0.05, 0.1) is 0 Å². The Bertz CT molecular complexity index is 418. The molecule has 1 aliphatic rings. The van der Waals surface area contributed by atoms with Gasteiger partial charge >= 0.3 is 0 Å².